The van der Waals surface area contributed by atoms with Crippen molar-refractivity contribution in [3.05, 3.63) is 59.2 Å². The van der Waals surface area contributed by atoms with Crippen molar-refractivity contribution < 1.29 is 0 Å². The fourth-order valence-electron chi connectivity index (χ4n) is 4.06. The summed E-state index contributed by atoms with van der Waals surface area (Å²) in [5, 5.41) is 0. The van der Waals surface area contributed by atoms with Crippen LogP contribution in [0.25, 0.3) is 22.1 Å². The standard InChI is InChI=1S/C22H26N4/c1-6-25-15(4)23-19-12-17(8-10-21(19)25)14(3)18-9-11-22-20(13-18)24-16(5)26(22)7-2/h8-14H,6-7H2,1-5H3. The average Bonchev–Trinajstić information content (AvgIpc) is 3.13. The number of imidazole rings is 2. The summed E-state index contributed by atoms with van der Waals surface area (Å²) in [6.45, 7) is 12.6. The maximum atomic E-state index is 4.74. The molecule has 134 valence electrons. The molecule has 2 heterocycles. The highest BCUT2D eigenvalue weighted by molar-refractivity contribution is 5.79. The van der Waals surface area contributed by atoms with E-state index < -0.39 is 0 Å². The zero-order chi connectivity index (χ0) is 18.4. The van der Waals surface area contributed by atoms with Crippen molar-refractivity contribution in [3.8, 4) is 0 Å². The molecule has 0 aliphatic rings. The van der Waals surface area contributed by atoms with E-state index in [0.29, 0.717) is 5.92 Å². The summed E-state index contributed by atoms with van der Waals surface area (Å²) < 4.78 is 4.52. The van der Waals surface area contributed by atoms with E-state index in [4.69, 9.17) is 9.97 Å². The van der Waals surface area contributed by atoms with Crippen molar-refractivity contribution in [1.29, 1.82) is 0 Å². The van der Waals surface area contributed by atoms with E-state index >= 15 is 0 Å². The van der Waals surface area contributed by atoms with Gasteiger partial charge in [0.15, 0.2) is 0 Å². The van der Waals surface area contributed by atoms with Gasteiger partial charge in [-0.2, -0.15) is 0 Å². The van der Waals surface area contributed by atoms with Gasteiger partial charge in [0, 0.05) is 19.0 Å². The predicted molar refractivity (Wildman–Crippen MR) is 108 cm³/mol. The third-order valence-electron chi connectivity index (χ3n) is 5.56. The van der Waals surface area contributed by atoms with Crippen molar-refractivity contribution in [2.24, 2.45) is 0 Å². The molecule has 0 radical (unpaired) electrons. The SMILES string of the molecule is CCn1c(C)nc2cc(C(C)c3ccc4c(c3)nc(C)n4CC)ccc21. The Morgan fingerprint density at radius 1 is 0.769 bits per heavy atom. The Hall–Kier alpha value is -2.62. The highest BCUT2D eigenvalue weighted by atomic mass is 15.1. The minimum atomic E-state index is 0.308. The molecule has 0 saturated heterocycles. The summed E-state index contributed by atoms with van der Waals surface area (Å²) in [5.74, 6) is 2.46. The molecular formula is C22H26N4. The molecule has 4 rings (SSSR count). The lowest BCUT2D eigenvalue weighted by molar-refractivity contribution is 0.753. The lowest BCUT2D eigenvalue weighted by Crippen LogP contribution is -1.98. The summed E-state index contributed by atoms with van der Waals surface area (Å²) in [5.41, 5.74) is 7.19. The van der Waals surface area contributed by atoms with E-state index in [2.05, 4.69) is 80.2 Å². The molecule has 0 saturated carbocycles. The topological polar surface area (TPSA) is 35.6 Å². The Balaban J connectivity index is 1.76. The number of nitrogens with zero attached hydrogens (tertiary/aromatic N) is 4. The van der Waals surface area contributed by atoms with Crippen molar-refractivity contribution in [3.63, 3.8) is 0 Å². The minimum absolute atomic E-state index is 0.308. The van der Waals surface area contributed by atoms with Gasteiger partial charge in [-0.1, -0.05) is 19.1 Å². The number of rotatable bonds is 4. The van der Waals surface area contributed by atoms with Crippen LogP contribution in [0.3, 0.4) is 0 Å². The molecule has 0 bridgehead atoms. The molecule has 0 fully saturated rings. The molecular weight excluding hydrogens is 320 g/mol. The molecule has 0 atom stereocenters. The van der Waals surface area contributed by atoms with E-state index in [1.165, 1.54) is 22.2 Å². The first kappa shape index (κ1) is 16.8. The maximum absolute atomic E-state index is 4.74. The van der Waals surface area contributed by atoms with Gasteiger partial charge < -0.3 is 9.13 Å². The van der Waals surface area contributed by atoms with Gasteiger partial charge in [0.1, 0.15) is 11.6 Å². The van der Waals surface area contributed by atoms with Crippen LogP contribution in [0.15, 0.2) is 36.4 Å². The van der Waals surface area contributed by atoms with Crippen LogP contribution in [0.4, 0.5) is 0 Å². The van der Waals surface area contributed by atoms with E-state index in [1.807, 2.05) is 0 Å². The molecule has 26 heavy (non-hydrogen) atoms. The van der Waals surface area contributed by atoms with Crippen LogP contribution >= 0.6 is 0 Å². The molecule has 2 aromatic carbocycles. The zero-order valence-electron chi connectivity index (χ0n) is 16.2. The van der Waals surface area contributed by atoms with E-state index in [0.717, 1.165) is 35.8 Å². The largest absolute Gasteiger partial charge is 0.329 e. The fraction of sp³-hybridized carbons (Fsp3) is 0.364. The predicted octanol–water partition coefficient (Wildman–Crippen LogP) is 5.19. The van der Waals surface area contributed by atoms with Gasteiger partial charge in [-0.25, -0.2) is 9.97 Å². The molecule has 0 N–H and O–H groups in total. The second-order valence-corrected chi connectivity index (χ2v) is 7.02. The number of hydrogen-bond acceptors (Lipinski definition) is 2. The summed E-state index contributed by atoms with van der Waals surface area (Å²) in [4.78, 5) is 9.49. The van der Waals surface area contributed by atoms with Crippen LogP contribution < -0.4 is 0 Å². The van der Waals surface area contributed by atoms with Crippen LogP contribution in [0.1, 0.15) is 49.5 Å². The van der Waals surface area contributed by atoms with Crippen molar-refractivity contribution in [1.82, 2.24) is 19.1 Å². The van der Waals surface area contributed by atoms with Gasteiger partial charge in [-0.3, -0.25) is 0 Å². The number of aromatic nitrogens is 4. The Morgan fingerprint density at radius 3 is 1.58 bits per heavy atom. The van der Waals surface area contributed by atoms with Crippen molar-refractivity contribution in [2.75, 3.05) is 0 Å². The van der Waals surface area contributed by atoms with E-state index in [-0.39, 0.29) is 0 Å². The number of benzene rings is 2. The number of aryl methyl sites for hydroxylation is 4. The van der Waals surface area contributed by atoms with Gasteiger partial charge in [0.05, 0.1) is 22.1 Å². The molecule has 0 aliphatic heterocycles. The average molecular weight is 346 g/mol. The second-order valence-electron chi connectivity index (χ2n) is 7.02. The monoisotopic (exact) mass is 346 g/mol. The van der Waals surface area contributed by atoms with Crippen molar-refractivity contribution >= 4 is 22.1 Å². The Kier molecular flexibility index (Phi) is 4.06. The van der Waals surface area contributed by atoms with Crippen LogP contribution in [0.5, 0.6) is 0 Å². The molecule has 0 amide bonds. The maximum Gasteiger partial charge on any atom is 0.106 e. The molecule has 0 unspecified atom stereocenters. The smallest absolute Gasteiger partial charge is 0.106 e. The molecule has 4 heteroatoms. The Morgan fingerprint density at radius 2 is 1.19 bits per heavy atom. The lowest BCUT2D eigenvalue weighted by atomic mass is 9.92. The lowest BCUT2D eigenvalue weighted by Gasteiger charge is -2.13. The Labute approximate surface area is 154 Å². The third kappa shape index (κ3) is 2.52. The Bertz CT molecular complexity index is 1010. The molecule has 0 spiro atoms. The summed E-state index contributed by atoms with van der Waals surface area (Å²) >= 11 is 0. The first-order valence-corrected chi connectivity index (χ1v) is 9.47. The van der Waals surface area contributed by atoms with Crippen LogP contribution in [0.2, 0.25) is 0 Å². The van der Waals surface area contributed by atoms with Crippen LogP contribution in [-0.4, -0.2) is 19.1 Å². The summed E-state index contributed by atoms with van der Waals surface area (Å²) in [6, 6.07) is 13.4. The third-order valence-corrected chi connectivity index (χ3v) is 5.56. The first-order chi connectivity index (χ1) is 12.5. The highest BCUT2D eigenvalue weighted by Crippen LogP contribution is 2.29. The minimum Gasteiger partial charge on any atom is -0.329 e. The molecule has 2 aromatic heterocycles. The highest BCUT2D eigenvalue weighted by Gasteiger charge is 2.14. The van der Waals surface area contributed by atoms with Gasteiger partial charge >= 0.3 is 0 Å². The normalized spacial score (nSPS) is 11.9. The van der Waals surface area contributed by atoms with Gasteiger partial charge in [-0.15, -0.1) is 0 Å². The van der Waals surface area contributed by atoms with E-state index in [1.54, 1.807) is 0 Å². The van der Waals surface area contributed by atoms with Gasteiger partial charge in [0.25, 0.3) is 0 Å². The molecule has 0 aliphatic carbocycles. The van der Waals surface area contributed by atoms with Crippen LogP contribution in [-0.2, 0) is 13.1 Å². The quantitative estimate of drug-likeness (QED) is 0.509. The van der Waals surface area contributed by atoms with Crippen molar-refractivity contribution in [2.45, 2.75) is 53.6 Å². The molecule has 4 nitrogen and oxygen atoms in total. The molecule has 4 aromatic rings. The first-order valence-electron chi connectivity index (χ1n) is 9.47. The van der Waals surface area contributed by atoms with Gasteiger partial charge in [0.2, 0.25) is 0 Å². The van der Waals surface area contributed by atoms with Crippen LogP contribution in [0, 0.1) is 13.8 Å². The van der Waals surface area contributed by atoms with E-state index in [9.17, 15) is 0 Å². The van der Waals surface area contributed by atoms with Gasteiger partial charge in [-0.05, 0) is 63.1 Å². The second kappa shape index (κ2) is 6.27. The fourth-order valence-corrected chi connectivity index (χ4v) is 4.06. The summed E-state index contributed by atoms with van der Waals surface area (Å²) in [7, 11) is 0. The summed E-state index contributed by atoms with van der Waals surface area (Å²) in [6.07, 6.45) is 0. The number of fused-ring (bicyclic) bond motifs is 2. The number of hydrogen-bond donors (Lipinski definition) is 0. The zero-order valence-corrected chi connectivity index (χ0v) is 16.2.